The highest BCUT2D eigenvalue weighted by Crippen LogP contribution is 2.37. The molecule has 1 aromatic carbocycles. The van der Waals surface area contributed by atoms with Crippen LogP contribution in [0.25, 0.3) is 0 Å². The van der Waals surface area contributed by atoms with Crippen LogP contribution in [-0.2, 0) is 4.79 Å². The number of amides is 1. The molecule has 0 aromatic heterocycles. The van der Waals surface area contributed by atoms with Gasteiger partial charge < -0.3 is 14.9 Å². The van der Waals surface area contributed by atoms with Crippen molar-refractivity contribution in [2.75, 3.05) is 29.9 Å². The number of rotatable bonds is 1. The average Bonchev–Trinajstić information content (AvgIpc) is 2.64. The number of carbonyl (C=O) groups is 1. The van der Waals surface area contributed by atoms with Crippen LogP contribution >= 0.6 is 0 Å². The molecule has 0 saturated carbocycles. The van der Waals surface area contributed by atoms with Gasteiger partial charge in [-0.25, -0.2) is 0 Å². The molecule has 1 atom stereocenters. The fraction of sp³-hybridized carbons (Fsp3) is 0.400. The smallest absolute Gasteiger partial charge is 0.260 e. The van der Waals surface area contributed by atoms with Crippen molar-refractivity contribution in [3.63, 3.8) is 0 Å². The number of aliphatic hydroxyl groups excluding tert-OH is 1. The summed E-state index contributed by atoms with van der Waals surface area (Å²) < 4.78 is 0. The van der Waals surface area contributed by atoms with Gasteiger partial charge in [0, 0.05) is 31.4 Å². The Morgan fingerprint density at radius 3 is 2.89 bits per heavy atom. The molecule has 19 heavy (non-hydrogen) atoms. The summed E-state index contributed by atoms with van der Waals surface area (Å²) in [7, 11) is 1.71. The summed E-state index contributed by atoms with van der Waals surface area (Å²) in [6.45, 7) is 4.06. The van der Waals surface area contributed by atoms with Gasteiger partial charge in [-0.3, -0.25) is 4.79 Å². The summed E-state index contributed by atoms with van der Waals surface area (Å²) in [6, 6.07) is 5.86. The van der Waals surface area contributed by atoms with Crippen LogP contribution in [0.3, 0.4) is 0 Å². The third-order valence-corrected chi connectivity index (χ3v) is 3.93. The van der Waals surface area contributed by atoms with Crippen LogP contribution in [0, 0.1) is 0 Å². The van der Waals surface area contributed by atoms with Crippen molar-refractivity contribution in [1.82, 2.24) is 0 Å². The Kier molecular flexibility index (Phi) is 2.82. The van der Waals surface area contributed by atoms with Crippen molar-refractivity contribution < 1.29 is 9.90 Å². The molecule has 0 fully saturated rings. The second kappa shape index (κ2) is 4.38. The van der Waals surface area contributed by atoms with Crippen LogP contribution in [0.2, 0.25) is 0 Å². The number of benzene rings is 1. The molecule has 2 aliphatic rings. The van der Waals surface area contributed by atoms with E-state index in [9.17, 15) is 9.90 Å². The van der Waals surface area contributed by atoms with Crippen LogP contribution in [0.4, 0.5) is 11.4 Å². The quantitative estimate of drug-likeness (QED) is 0.782. The molecule has 0 radical (unpaired) electrons. The monoisotopic (exact) mass is 258 g/mol. The van der Waals surface area contributed by atoms with E-state index in [4.69, 9.17) is 0 Å². The van der Waals surface area contributed by atoms with Crippen LogP contribution in [0.1, 0.15) is 25.0 Å². The molecular formula is C15H18N2O2. The van der Waals surface area contributed by atoms with Crippen molar-refractivity contribution in [3.05, 3.63) is 35.4 Å². The van der Waals surface area contributed by atoms with Crippen molar-refractivity contribution in [2.45, 2.75) is 19.4 Å². The molecule has 4 nitrogen and oxygen atoms in total. The summed E-state index contributed by atoms with van der Waals surface area (Å²) in [4.78, 5) is 15.6. The Balaban J connectivity index is 1.95. The van der Waals surface area contributed by atoms with Crippen LogP contribution in [0.15, 0.2) is 29.8 Å². The molecule has 0 bridgehead atoms. The first-order chi connectivity index (χ1) is 9.08. The lowest BCUT2D eigenvalue weighted by molar-refractivity contribution is -0.125. The Labute approximate surface area is 112 Å². The zero-order chi connectivity index (χ0) is 13.6. The largest absolute Gasteiger partial charge is 0.378 e. The summed E-state index contributed by atoms with van der Waals surface area (Å²) in [6.07, 6.45) is 2.32. The molecule has 2 heterocycles. The van der Waals surface area contributed by atoms with E-state index >= 15 is 0 Å². The van der Waals surface area contributed by atoms with Gasteiger partial charge in [0.1, 0.15) is 0 Å². The Bertz CT molecular complexity index is 565. The minimum atomic E-state index is -1.00. The van der Waals surface area contributed by atoms with E-state index in [1.165, 1.54) is 10.5 Å². The van der Waals surface area contributed by atoms with Crippen molar-refractivity contribution >= 4 is 17.3 Å². The number of fused-ring (bicyclic) bond motifs is 1. The highest BCUT2D eigenvalue weighted by atomic mass is 16.3. The minimum Gasteiger partial charge on any atom is -0.378 e. The maximum Gasteiger partial charge on any atom is 0.260 e. The fourth-order valence-electron chi connectivity index (χ4n) is 2.82. The topological polar surface area (TPSA) is 43.8 Å². The van der Waals surface area contributed by atoms with Gasteiger partial charge in [-0.2, -0.15) is 0 Å². The van der Waals surface area contributed by atoms with E-state index in [-0.39, 0.29) is 5.91 Å². The molecule has 0 aliphatic carbocycles. The van der Waals surface area contributed by atoms with Crippen LogP contribution in [-0.4, -0.2) is 31.2 Å². The average molecular weight is 258 g/mol. The van der Waals surface area contributed by atoms with Crippen molar-refractivity contribution in [1.29, 1.82) is 0 Å². The van der Waals surface area contributed by atoms with Crippen LogP contribution < -0.4 is 9.80 Å². The Morgan fingerprint density at radius 1 is 1.37 bits per heavy atom. The summed E-state index contributed by atoms with van der Waals surface area (Å²) >= 11 is 0. The standard InChI is InChI=1S/C15H18N2O2/c1-10-4-3-7-17(9-10)11-5-6-12-13(8-11)16(2)15(19)14(12)18/h4-6,8,14,18H,3,7,9H2,1-2H3. The van der Waals surface area contributed by atoms with Gasteiger partial charge in [0.15, 0.2) is 6.10 Å². The second-order valence-corrected chi connectivity index (χ2v) is 5.30. The lowest BCUT2D eigenvalue weighted by Crippen LogP contribution is -2.29. The molecule has 4 heteroatoms. The van der Waals surface area contributed by atoms with E-state index in [0.29, 0.717) is 5.56 Å². The van der Waals surface area contributed by atoms with Gasteiger partial charge in [0.25, 0.3) is 5.91 Å². The van der Waals surface area contributed by atoms with E-state index in [1.807, 2.05) is 18.2 Å². The Morgan fingerprint density at radius 2 is 2.16 bits per heavy atom. The molecule has 3 rings (SSSR count). The van der Waals surface area contributed by atoms with Gasteiger partial charge in [-0.1, -0.05) is 17.7 Å². The zero-order valence-electron chi connectivity index (χ0n) is 11.3. The number of anilines is 2. The minimum absolute atomic E-state index is 0.248. The predicted molar refractivity (Wildman–Crippen MR) is 75.4 cm³/mol. The molecule has 1 unspecified atom stereocenters. The Hall–Kier alpha value is -1.81. The maximum absolute atomic E-state index is 11.8. The van der Waals surface area contributed by atoms with E-state index < -0.39 is 6.10 Å². The highest BCUT2D eigenvalue weighted by Gasteiger charge is 2.33. The number of carbonyl (C=O) groups excluding carboxylic acids is 1. The van der Waals surface area contributed by atoms with Gasteiger partial charge >= 0.3 is 0 Å². The first-order valence-electron chi connectivity index (χ1n) is 6.58. The third kappa shape index (κ3) is 1.92. The number of hydrogen-bond acceptors (Lipinski definition) is 3. The summed E-state index contributed by atoms with van der Waals surface area (Å²) in [5.74, 6) is -0.248. The van der Waals surface area contributed by atoms with Gasteiger partial charge in [-0.15, -0.1) is 0 Å². The molecule has 1 amide bonds. The number of likely N-dealkylation sites (N-methyl/N-ethyl adjacent to an activating group) is 1. The number of nitrogens with zero attached hydrogens (tertiary/aromatic N) is 2. The van der Waals surface area contributed by atoms with Gasteiger partial charge in [0.05, 0.1) is 5.69 Å². The predicted octanol–water partition coefficient (Wildman–Crippen LogP) is 1.85. The zero-order valence-corrected chi connectivity index (χ0v) is 11.3. The fourth-order valence-corrected chi connectivity index (χ4v) is 2.82. The van der Waals surface area contributed by atoms with Crippen molar-refractivity contribution in [2.24, 2.45) is 0 Å². The van der Waals surface area contributed by atoms with E-state index in [1.54, 1.807) is 7.05 Å². The first kappa shape index (κ1) is 12.2. The molecule has 1 aromatic rings. The molecule has 0 spiro atoms. The molecule has 0 saturated heterocycles. The lowest BCUT2D eigenvalue weighted by Gasteiger charge is -2.29. The summed E-state index contributed by atoms with van der Waals surface area (Å²) in [5, 5.41) is 9.85. The first-order valence-corrected chi connectivity index (χ1v) is 6.58. The third-order valence-electron chi connectivity index (χ3n) is 3.93. The van der Waals surface area contributed by atoms with E-state index in [2.05, 4.69) is 17.9 Å². The lowest BCUT2D eigenvalue weighted by atomic mass is 10.1. The van der Waals surface area contributed by atoms with Crippen molar-refractivity contribution in [3.8, 4) is 0 Å². The number of hydrogen-bond donors (Lipinski definition) is 1. The molecular weight excluding hydrogens is 240 g/mol. The highest BCUT2D eigenvalue weighted by molar-refractivity contribution is 6.03. The van der Waals surface area contributed by atoms with Gasteiger partial charge in [-0.05, 0) is 25.5 Å². The molecule has 100 valence electrons. The molecule has 2 aliphatic heterocycles. The molecule has 1 N–H and O–H groups in total. The second-order valence-electron chi connectivity index (χ2n) is 5.30. The normalized spacial score (nSPS) is 22.6. The maximum atomic E-state index is 11.8. The van der Waals surface area contributed by atoms with E-state index in [0.717, 1.165) is 30.9 Å². The SMILES string of the molecule is CC1=CCCN(c2ccc3c(c2)N(C)C(=O)C3O)C1. The van der Waals surface area contributed by atoms with Crippen LogP contribution in [0.5, 0.6) is 0 Å². The van der Waals surface area contributed by atoms with Gasteiger partial charge in [0.2, 0.25) is 0 Å². The summed E-state index contributed by atoms with van der Waals surface area (Å²) in [5.41, 5.74) is 4.01. The number of aliphatic hydroxyl groups is 1.